The van der Waals surface area contributed by atoms with Gasteiger partial charge in [-0.2, -0.15) is 0 Å². The van der Waals surface area contributed by atoms with Crippen LogP contribution in [0.15, 0.2) is 10.5 Å². The van der Waals surface area contributed by atoms with E-state index in [1.54, 1.807) is 0 Å². The molecule has 6 nitrogen and oxygen atoms in total. The number of rotatable bonds is 4. The molecule has 0 aliphatic rings. The molecule has 1 aromatic heterocycles. The lowest BCUT2D eigenvalue weighted by atomic mass is 10.1. The lowest BCUT2D eigenvalue weighted by Crippen LogP contribution is -2.45. The summed E-state index contributed by atoms with van der Waals surface area (Å²) in [5.74, 6) is 0.440. The summed E-state index contributed by atoms with van der Waals surface area (Å²) in [5, 5.41) is 13.7. The highest BCUT2D eigenvalue weighted by Crippen LogP contribution is 2.20. The zero-order valence-corrected chi connectivity index (χ0v) is 10.9. The third-order valence-electron chi connectivity index (χ3n) is 2.61. The van der Waals surface area contributed by atoms with E-state index < -0.39 is 18.0 Å². The maximum Gasteiger partial charge on any atom is 0.325 e. The van der Waals surface area contributed by atoms with E-state index in [0.29, 0.717) is 0 Å². The number of urea groups is 1. The molecule has 1 heterocycles. The topological polar surface area (TPSA) is 91.6 Å². The first-order valence-electron chi connectivity index (χ1n) is 5.68. The van der Waals surface area contributed by atoms with Crippen LogP contribution in [0, 0.1) is 13.8 Å². The van der Waals surface area contributed by atoms with Gasteiger partial charge in [0, 0.05) is 5.56 Å². The van der Waals surface area contributed by atoms with Crippen molar-refractivity contribution in [2.24, 2.45) is 0 Å². The fraction of sp³-hybridized carbons (Fsp3) is 0.500. The number of aryl methyl sites for hydroxylation is 2. The fourth-order valence-electron chi connectivity index (χ4n) is 1.65. The Kier molecular flexibility index (Phi) is 4.36. The number of carbonyl (C=O) groups is 2. The van der Waals surface area contributed by atoms with Crippen molar-refractivity contribution < 1.29 is 19.1 Å². The zero-order chi connectivity index (χ0) is 13.9. The van der Waals surface area contributed by atoms with Gasteiger partial charge in [-0.15, -0.1) is 0 Å². The fourth-order valence-corrected chi connectivity index (χ4v) is 1.65. The molecule has 0 radical (unpaired) electrons. The highest BCUT2D eigenvalue weighted by molar-refractivity contribution is 5.82. The van der Waals surface area contributed by atoms with Crippen LogP contribution in [0.4, 0.5) is 4.79 Å². The summed E-state index contributed by atoms with van der Waals surface area (Å²) in [6, 6.07) is 0.157. The minimum Gasteiger partial charge on any atom is -0.480 e. The van der Waals surface area contributed by atoms with E-state index in [2.05, 4.69) is 10.6 Å². The van der Waals surface area contributed by atoms with Gasteiger partial charge in [0.05, 0.1) is 6.04 Å². The summed E-state index contributed by atoms with van der Waals surface area (Å²) >= 11 is 0. The van der Waals surface area contributed by atoms with Crippen molar-refractivity contribution >= 4 is 12.0 Å². The molecule has 0 bridgehead atoms. The highest BCUT2D eigenvalue weighted by atomic mass is 16.4. The van der Waals surface area contributed by atoms with Crippen LogP contribution in [0.1, 0.15) is 37.0 Å². The highest BCUT2D eigenvalue weighted by Gasteiger charge is 2.18. The zero-order valence-electron chi connectivity index (χ0n) is 10.9. The molecule has 18 heavy (non-hydrogen) atoms. The number of nitrogens with one attached hydrogen (secondary N) is 2. The predicted octanol–water partition coefficient (Wildman–Crippen LogP) is 1.73. The van der Waals surface area contributed by atoms with Crippen molar-refractivity contribution in [3.8, 4) is 0 Å². The second-order valence-electron chi connectivity index (χ2n) is 4.27. The van der Waals surface area contributed by atoms with E-state index in [1.165, 1.54) is 6.92 Å². The van der Waals surface area contributed by atoms with Crippen molar-refractivity contribution in [3.05, 3.63) is 23.2 Å². The standard InChI is InChI=1S/C12H18N2O4/c1-6-5-10(9(4)18-6)7(2)13-12(17)14-8(3)11(15)16/h5,7-8H,1-4H3,(H,15,16)(H2,13,14,17)/t7?,8-/m1/s1. The first-order valence-corrected chi connectivity index (χ1v) is 5.68. The number of carboxylic acid groups (broad SMARTS) is 1. The largest absolute Gasteiger partial charge is 0.480 e. The minimum absolute atomic E-state index is 0.247. The first-order chi connectivity index (χ1) is 8.31. The summed E-state index contributed by atoms with van der Waals surface area (Å²) < 4.78 is 5.37. The lowest BCUT2D eigenvalue weighted by molar-refractivity contribution is -0.138. The SMILES string of the molecule is Cc1cc(C(C)NC(=O)N[C@H](C)C(=O)O)c(C)o1. The number of carbonyl (C=O) groups excluding carboxylic acids is 1. The number of hydrogen-bond acceptors (Lipinski definition) is 3. The van der Waals surface area contributed by atoms with Crippen LogP contribution in [0.5, 0.6) is 0 Å². The molecule has 0 aliphatic carbocycles. The van der Waals surface area contributed by atoms with Gasteiger partial charge in [-0.3, -0.25) is 4.79 Å². The molecule has 1 unspecified atom stereocenters. The molecule has 1 rings (SSSR count). The van der Waals surface area contributed by atoms with Crippen LogP contribution in [0.3, 0.4) is 0 Å². The van der Waals surface area contributed by atoms with Gasteiger partial charge >= 0.3 is 12.0 Å². The Morgan fingerprint density at radius 3 is 2.33 bits per heavy atom. The number of aliphatic carboxylic acids is 1. The number of hydrogen-bond donors (Lipinski definition) is 3. The predicted molar refractivity (Wildman–Crippen MR) is 65.4 cm³/mol. The van der Waals surface area contributed by atoms with Crippen LogP contribution >= 0.6 is 0 Å². The monoisotopic (exact) mass is 254 g/mol. The summed E-state index contributed by atoms with van der Waals surface area (Å²) in [5.41, 5.74) is 0.880. The molecule has 3 N–H and O–H groups in total. The molecule has 0 saturated heterocycles. The second-order valence-corrected chi connectivity index (χ2v) is 4.27. The van der Waals surface area contributed by atoms with Crippen LogP contribution < -0.4 is 10.6 Å². The molecule has 0 aliphatic heterocycles. The summed E-state index contributed by atoms with van der Waals surface area (Å²) in [6.07, 6.45) is 0. The van der Waals surface area contributed by atoms with Crippen LogP contribution in [-0.2, 0) is 4.79 Å². The van der Waals surface area contributed by atoms with Crippen molar-refractivity contribution in [1.82, 2.24) is 10.6 Å². The quantitative estimate of drug-likeness (QED) is 0.763. The molecular weight excluding hydrogens is 236 g/mol. The van der Waals surface area contributed by atoms with E-state index in [-0.39, 0.29) is 6.04 Å². The first kappa shape index (κ1) is 14.1. The van der Waals surface area contributed by atoms with E-state index in [0.717, 1.165) is 17.1 Å². The molecule has 100 valence electrons. The average Bonchev–Trinajstić information content (AvgIpc) is 2.57. The Morgan fingerprint density at radius 1 is 1.28 bits per heavy atom. The minimum atomic E-state index is -1.08. The normalized spacial score (nSPS) is 13.8. The van der Waals surface area contributed by atoms with Crippen molar-refractivity contribution in [2.75, 3.05) is 0 Å². The number of furan rings is 1. The number of carboxylic acids is 1. The van der Waals surface area contributed by atoms with Gasteiger partial charge in [-0.05, 0) is 33.8 Å². The maximum atomic E-state index is 11.5. The summed E-state index contributed by atoms with van der Waals surface area (Å²) in [4.78, 5) is 22.1. The van der Waals surface area contributed by atoms with Crippen LogP contribution in [-0.4, -0.2) is 23.1 Å². The Labute approximate surface area is 105 Å². The second kappa shape index (κ2) is 5.57. The third kappa shape index (κ3) is 3.51. The smallest absolute Gasteiger partial charge is 0.325 e. The third-order valence-corrected chi connectivity index (χ3v) is 2.61. The van der Waals surface area contributed by atoms with Gasteiger partial charge < -0.3 is 20.2 Å². The Morgan fingerprint density at radius 2 is 1.89 bits per heavy atom. The van der Waals surface area contributed by atoms with Gasteiger partial charge in [-0.1, -0.05) is 0 Å². The molecule has 2 atom stereocenters. The van der Waals surface area contributed by atoms with Gasteiger partial charge in [0.1, 0.15) is 17.6 Å². The molecule has 0 saturated carbocycles. The molecule has 0 aromatic carbocycles. The Balaban J connectivity index is 2.60. The van der Waals surface area contributed by atoms with Gasteiger partial charge in [0.25, 0.3) is 0 Å². The van der Waals surface area contributed by atoms with Gasteiger partial charge in [0.15, 0.2) is 0 Å². The van der Waals surface area contributed by atoms with E-state index >= 15 is 0 Å². The summed E-state index contributed by atoms with van der Waals surface area (Å²) in [6.45, 7) is 6.86. The average molecular weight is 254 g/mol. The van der Waals surface area contributed by atoms with E-state index in [4.69, 9.17) is 9.52 Å². The molecule has 1 aromatic rings. The number of amides is 2. The molecule has 0 spiro atoms. The Hall–Kier alpha value is -1.98. The van der Waals surface area contributed by atoms with Crippen molar-refractivity contribution in [3.63, 3.8) is 0 Å². The van der Waals surface area contributed by atoms with Crippen LogP contribution in [0.2, 0.25) is 0 Å². The van der Waals surface area contributed by atoms with E-state index in [9.17, 15) is 9.59 Å². The molecular formula is C12H18N2O4. The molecule has 6 heteroatoms. The maximum absolute atomic E-state index is 11.5. The van der Waals surface area contributed by atoms with Crippen LogP contribution in [0.25, 0.3) is 0 Å². The lowest BCUT2D eigenvalue weighted by Gasteiger charge is -2.15. The van der Waals surface area contributed by atoms with Gasteiger partial charge in [0.2, 0.25) is 0 Å². The molecule has 0 fully saturated rings. The Bertz CT molecular complexity index is 453. The van der Waals surface area contributed by atoms with Crippen molar-refractivity contribution in [1.29, 1.82) is 0 Å². The summed E-state index contributed by atoms with van der Waals surface area (Å²) in [7, 11) is 0. The van der Waals surface area contributed by atoms with Gasteiger partial charge in [-0.25, -0.2) is 4.79 Å². The molecule has 2 amide bonds. The van der Waals surface area contributed by atoms with Crippen molar-refractivity contribution in [2.45, 2.75) is 39.8 Å². The van der Waals surface area contributed by atoms with E-state index in [1.807, 2.05) is 26.8 Å².